The van der Waals surface area contributed by atoms with Crippen molar-refractivity contribution in [1.29, 1.82) is 0 Å². The summed E-state index contributed by atoms with van der Waals surface area (Å²) in [5, 5.41) is 22.2. The van der Waals surface area contributed by atoms with E-state index in [0.717, 1.165) is 29.9 Å². The number of nitrogens with zero attached hydrogens (tertiary/aromatic N) is 3. The second-order valence-electron chi connectivity index (χ2n) is 9.18. The number of nitrogens with one attached hydrogen (secondary N) is 2. The van der Waals surface area contributed by atoms with E-state index in [0.29, 0.717) is 47.3 Å². The maximum Gasteiger partial charge on any atom is 0.417 e. The quantitative estimate of drug-likeness (QED) is 0.189. The summed E-state index contributed by atoms with van der Waals surface area (Å²) < 4.78 is 81.6. The van der Waals surface area contributed by atoms with Crippen LogP contribution in [0.1, 0.15) is 40.5 Å². The van der Waals surface area contributed by atoms with Crippen LogP contribution in [-0.2, 0) is 12.4 Å². The molecular formula is C26H23F6N5OS. The van der Waals surface area contributed by atoms with E-state index in [2.05, 4.69) is 20.5 Å². The van der Waals surface area contributed by atoms with Crippen molar-refractivity contribution in [3.05, 3.63) is 69.7 Å². The Labute approximate surface area is 223 Å². The summed E-state index contributed by atoms with van der Waals surface area (Å²) in [6.45, 7) is 4.01. The maximum atomic E-state index is 14.0. The zero-order chi connectivity index (χ0) is 27.9. The fourth-order valence-corrected chi connectivity index (χ4v) is 5.57. The van der Waals surface area contributed by atoms with Gasteiger partial charge in [-0.3, -0.25) is 5.10 Å². The molecule has 13 heteroatoms. The number of alkyl halides is 6. The van der Waals surface area contributed by atoms with Crippen LogP contribution in [0.4, 0.5) is 31.5 Å². The number of hydrogen-bond acceptors (Lipinski definition) is 6. The van der Waals surface area contributed by atoms with Gasteiger partial charge in [0.1, 0.15) is 4.88 Å². The minimum atomic E-state index is -5.05. The van der Waals surface area contributed by atoms with Crippen LogP contribution in [0.15, 0.2) is 42.6 Å². The largest absolute Gasteiger partial charge is 0.492 e. The van der Waals surface area contributed by atoms with Crippen molar-refractivity contribution >= 4 is 39.0 Å². The molecule has 3 heterocycles. The van der Waals surface area contributed by atoms with E-state index in [9.17, 15) is 31.4 Å². The molecule has 1 saturated heterocycles. The van der Waals surface area contributed by atoms with Gasteiger partial charge in [0, 0.05) is 36.6 Å². The molecule has 1 aliphatic rings. The first-order chi connectivity index (χ1) is 18.4. The first-order valence-corrected chi connectivity index (χ1v) is 12.9. The van der Waals surface area contributed by atoms with Gasteiger partial charge < -0.3 is 15.3 Å². The van der Waals surface area contributed by atoms with Gasteiger partial charge >= 0.3 is 12.4 Å². The van der Waals surface area contributed by atoms with Crippen molar-refractivity contribution in [3.8, 4) is 5.88 Å². The molecule has 1 fully saturated rings. The second kappa shape index (κ2) is 10.2. The molecule has 1 atom stereocenters. The summed E-state index contributed by atoms with van der Waals surface area (Å²) in [6, 6.07) is 6.73. The molecule has 206 valence electrons. The van der Waals surface area contributed by atoms with Crippen LogP contribution in [0, 0.1) is 0 Å². The zero-order valence-corrected chi connectivity index (χ0v) is 21.3. The first kappa shape index (κ1) is 27.0. The molecule has 1 aliphatic heterocycles. The molecule has 0 aliphatic carbocycles. The fraction of sp³-hybridized carbons (Fsp3) is 0.308. The van der Waals surface area contributed by atoms with Gasteiger partial charge in [-0.25, -0.2) is 0 Å². The van der Waals surface area contributed by atoms with Crippen molar-refractivity contribution < 1.29 is 31.4 Å². The highest BCUT2D eigenvalue weighted by atomic mass is 32.1. The van der Waals surface area contributed by atoms with Crippen molar-refractivity contribution in [1.82, 2.24) is 20.5 Å². The Morgan fingerprint density at radius 2 is 1.92 bits per heavy atom. The molecule has 2 aromatic carbocycles. The Morgan fingerprint density at radius 3 is 2.64 bits per heavy atom. The summed E-state index contributed by atoms with van der Waals surface area (Å²) in [5.41, 5.74) is -2.00. The van der Waals surface area contributed by atoms with E-state index in [1.807, 2.05) is 11.8 Å². The molecule has 6 nitrogen and oxygen atoms in total. The fourth-order valence-electron chi connectivity index (χ4n) is 4.53. The third kappa shape index (κ3) is 5.59. The number of rotatable bonds is 5. The lowest BCUT2D eigenvalue weighted by Crippen LogP contribution is -2.50. The monoisotopic (exact) mass is 567 g/mol. The number of piperazine rings is 1. The van der Waals surface area contributed by atoms with Crippen LogP contribution in [0.3, 0.4) is 0 Å². The Morgan fingerprint density at radius 1 is 1.13 bits per heavy atom. The number of anilines is 1. The molecule has 2 aromatic heterocycles. The van der Waals surface area contributed by atoms with Gasteiger partial charge in [-0.15, -0.1) is 0 Å². The maximum absolute atomic E-state index is 14.0. The molecule has 4 aromatic rings. The third-order valence-corrected chi connectivity index (χ3v) is 7.74. The third-order valence-electron chi connectivity index (χ3n) is 6.60. The van der Waals surface area contributed by atoms with Crippen molar-refractivity contribution in [2.24, 2.45) is 0 Å². The van der Waals surface area contributed by atoms with Gasteiger partial charge in [-0.05, 0) is 47.9 Å². The van der Waals surface area contributed by atoms with Gasteiger partial charge in [0.2, 0.25) is 5.88 Å². The average molecular weight is 568 g/mol. The van der Waals surface area contributed by atoms with Gasteiger partial charge in [0.05, 0.1) is 22.8 Å². The lowest BCUT2D eigenvalue weighted by Gasteiger charge is -2.32. The summed E-state index contributed by atoms with van der Waals surface area (Å²) in [4.78, 5) is 6.50. The van der Waals surface area contributed by atoms with Crippen LogP contribution in [0.5, 0.6) is 5.88 Å². The SMILES string of the molecule is CCC1CN(c2nc(O)c(C(=Cc3ccc(C(F)(F)F)cc3C(F)(F)F)c3ccc4[nH]ncc4c3)s2)CCN1. The number of halogens is 6. The summed E-state index contributed by atoms with van der Waals surface area (Å²) >= 11 is 1.11. The molecule has 0 bridgehead atoms. The van der Waals surface area contributed by atoms with E-state index in [1.54, 1.807) is 24.4 Å². The highest BCUT2D eigenvalue weighted by Gasteiger charge is 2.38. The summed E-state index contributed by atoms with van der Waals surface area (Å²) in [6.07, 6.45) is -6.43. The topological polar surface area (TPSA) is 77.1 Å². The molecule has 1 unspecified atom stereocenters. The second-order valence-corrected chi connectivity index (χ2v) is 10.2. The molecule has 0 saturated carbocycles. The Hall–Kier alpha value is -3.58. The number of thiazole rings is 1. The number of fused-ring (bicyclic) bond motifs is 1. The average Bonchev–Trinajstić information content (AvgIpc) is 3.52. The van der Waals surface area contributed by atoms with Crippen molar-refractivity contribution in [3.63, 3.8) is 0 Å². The molecule has 0 amide bonds. The van der Waals surface area contributed by atoms with Crippen LogP contribution in [0.25, 0.3) is 22.6 Å². The standard InChI is InChI=1S/C26H23F6N5OS/c1-2-18-13-37(8-7-33-18)24-35-23(38)22(39-24)19(14-4-6-21-16(9-14)12-34-36-21)10-15-3-5-17(25(27,28)29)11-20(15)26(30,31)32/h3-6,9-12,18,33,38H,2,7-8,13H2,1H3,(H,34,36). The molecular weight excluding hydrogens is 544 g/mol. The summed E-state index contributed by atoms with van der Waals surface area (Å²) in [7, 11) is 0. The lowest BCUT2D eigenvalue weighted by molar-refractivity contribution is -0.143. The zero-order valence-electron chi connectivity index (χ0n) is 20.5. The first-order valence-electron chi connectivity index (χ1n) is 12.1. The smallest absolute Gasteiger partial charge is 0.417 e. The predicted molar refractivity (Wildman–Crippen MR) is 138 cm³/mol. The molecule has 0 radical (unpaired) electrons. The molecule has 39 heavy (non-hydrogen) atoms. The molecule has 0 spiro atoms. The van der Waals surface area contributed by atoms with Gasteiger partial charge in [-0.2, -0.15) is 36.4 Å². The highest BCUT2D eigenvalue weighted by molar-refractivity contribution is 7.17. The number of aromatic amines is 1. The van der Waals surface area contributed by atoms with Crippen molar-refractivity contribution in [2.45, 2.75) is 31.7 Å². The molecule has 5 rings (SSSR count). The van der Waals surface area contributed by atoms with E-state index < -0.39 is 29.0 Å². The minimum absolute atomic E-state index is 0.103. The van der Waals surface area contributed by atoms with Crippen LogP contribution >= 0.6 is 11.3 Å². The predicted octanol–water partition coefficient (Wildman–Crippen LogP) is 6.54. The van der Waals surface area contributed by atoms with Crippen LogP contribution in [-0.4, -0.2) is 46.0 Å². The Bertz CT molecular complexity index is 1520. The van der Waals surface area contributed by atoms with Gasteiger partial charge in [0.15, 0.2) is 5.13 Å². The van der Waals surface area contributed by atoms with Gasteiger partial charge in [0.25, 0.3) is 0 Å². The highest BCUT2D eigenvalue weighted by Crippen LogP contribution is 2.43. The van der Waals surface area contributed by atoms with Crippen LogP contribution < -0.4 is 10.2 Å². The number of hydrogen-bond donors (Lipinski definition) is 3. The Balaban J connectivity index is 1.67. The van der Waals surface area contributed by atoms with E-state index in [4.69, 9.17) is 0 Å². The number of aromatic nitrogens is 3. The van der Waals surface area contributed by atoms with E-state index in [1.165, 1.54) is 0 Å². The van der Waals surface area contributed by atoms with Gasteiger partial charge in [-0.1, -0.05) is 30.4 Å². The minimum Gasteiger partial charge on any atom is -0.492 e. The van der Waals surface area contributed by atoms with Crippen molar-refractivity contribution in [2.75, 3.05) is 24.5 Å². The number of benzene rings is 2. The Kier molecular flexibility index (Phi) is 7.06. The normalized spacial score (nSPS) is 17.3. The lowest BCUT2D eigenvalue weighted by atomic mass is 9.96. The van der Waals surface area contributed by atoms with E-state index >= 15 is 0 Å². The number of H-pyrrole nitrogens is 1. The van der Waals surface area contributed by atoms with E-state index in [-0.39, 0.29) is 28.4 Å². The van der Waals surface area contributed by atoms with Crippen LogP contribution in [0.2, 0.25) is 0 Å². The number of aromatic hydroxyl groups is 1. The molecule has 3 N–H and O–H groups in total. The summed E-state index contributed by atoms with van der Waals surface area (Å²) in [5.74, 6) is -0.374.